The molecule has 0 heterocycles. The fraction of sp³-hybridized carbons (Fsp3) is 0.741. The lowest BCUT2D eigenvalue weighted by atomic mass is 9.80. The highest BCUT2D eigenvalue weighted by molar-refractivity contribution is 5.79. The smallest absolute Gasteiger partial charge is 0.317 e. The van der Waals surface area contributed by atoms with Crippen LogP contribution in [0.1, 0.15) is 123 Å². The molecule has 166 valence electrons. The van der Waals surface area contributed by atoms with Crippen molar-refractivity contribution in [3.8, 4) is 5.75 Å². The van der Waals surface area contributed by atoms with Crippen LogP contribution in [0.5, 0.6) is 5.75 Å². The first-order valence-corrected chi connectivity index (χ1v) is 12.4. The molecule has 1 unspecified atom stereocenters. The summed E-state index contributed by atoms with van der Waals surface area (Å²) in [5.41, 5.74) is 0.817. The molecule has 0 bridgehead atoms. The van der Waals surface area contributed by atoms with Crippen LogP contribution in [0.2, 0.25) is 0 Å². The molecule has 0 saturated carbocycles. The highest BCUT2D eigenvalue weighted by Crippen LogP contribution is 2.34. The molecular formula is C27H46O2. The summed E-state index contributed by atoms with van der Waals surface area (Å²) in [6, 6.07) is 8.14. The first-order valence-electron chi connectivity index (χ1n) is 12.4. The Balaban J connectivity index is 2.68. The van der Waals surface area contributed by atoms with Gasteiger partial charge in [-0.05, 0) is 44.2 Å². The van der Waals surface area contributed by atoms with Crippen LogP contribution >= 0.6 is 0 Å². The largest absolute Gasteiger partial charge is 0.426 e. The minimum Gasteiger partial charge on any atom is -0.426 e. The topological polar surface area (TPSA) is 26.3 Å². The summed E-state index contributed by atoms with van der Waals surface area (Å²) in [5.74, 6) is 0.750. The zero-order valence-electron chi connectivity index (χ0n) is 19.7. The lowest BCUT2D eigenvalue weighted by molar-refractivity contribution is -0.146. The maximum absolute atomic E-state index is 13.2. The average molecular weight is 403 g/mol. The van der Waals surface area contributed by atoms with E-state index < -0.39 is 0 Å². The molecule has 0 aliphatic rings. The van der Waals surface area contributed by atoms with Crippen LogP contribution in [0.4, 0.5) is 0 Å². The van der Waals surface area contributed by atoms with E-state index in [4.69, 9.17) is 4.74 Å². The molecule has 0 fully saturated rings. The highest BCUT2D eigenvalue weighted by atomic mass is 16.5. The molecule has 0 N–H and O–H groups in total. The fourth-order valence-corrected chi connectivity index (χ4v) is 3.97. The van der Waals surface area contributed by atoms with E-state index in [1.165, 1.54) is 63.4 Å². The molecule has 0 amide bonds. The van der Waals surface area contributed by atoms with E-state index in [0.29, 0.717) is 0 Å². The monoisotopic (exact) mass is 402 g/mol. The number of hydrogen-bond acceptors (Lipinski definition) is 2. The number of hydrogen-bond donors (Lipinski definition) is 0. The van der Waals surface area contributed by atoms with Gasteiger partial charge in [-0.15, -0.1) is 0 Å². The van der Waals surface area contributed by atoms with Crippen LogP contribution in [-0.4, -0.2) is 5.97 Å². The number of aryl methyl sites for hydroxylation is 1. The third-order valence-electron chi connectivity index (χ3n) is 6.13. The van der Waals surface area contributed by atoms with E-state index in [2.05, 4.69) is 39.8 Å². The lowest BCUT2D eigenvalue weighted by Gasteiger charge is -2.28. The van der Waals surface area contributed by atoms with Crippen LogP contribution in [-0.2, 0) is 11.2 Å². The molecule has 0 saturated heterocycles. The molecule has 1 aromatic rings. The highest BCUT2D eigenvalue weighted by Gasteiger charge is 2.34. The Morgan fingerprint density at radius 3 is 2.00 bits per heavy atom. The number of rotatable bonds is 17. The van der Waals surface area contributed by atoms with Gasteiger partial charge in [0.2, 0.25) is 0 Å². The maximum Gasteiger partial charge on any atom is 0.317 e. The number of ether oxygens (including phenoxy) is 1. The second-order valence-electron chi connectivity index (χ2n) is 8.99. The van der Waals surface area contributed by atoms with Crippen LogP contribution in [0.3, 0.4) is 0 Å². The molecule has 0 spiro atoms. The summed E-state index contributed by atoms with van der Waals surface area (Å²) in [4.78, 5) is 13.2. The van der Waals surface area contributed by atoms with E-state index in [1.807, 2.05) is 12.1 Å². The van der Waals surface area contributed by atoms with Gasteiger partial charge in [0.05, 0.1) is 5.41 Å². The Morgan fingerprint density at radius 2 is 1.31 bits per heavy atom. The Hall–Kier alpha value is -1.31. The second-order valence-corrected chi connectivity index (χ2v) is 8.99. The van der Waals surface area contributed by atoms with Gasteiger partial charge < -0.3 is 4.74 Å². The molecule has 2 heteroatoms. The van der Waals surface area contributed by atoms with Crippen molar-refractivity contribution in [3.05, 3.63) is 29.8 Å². The summed E-state index contributed by atoms with van der Waals surface area (Å²) in [7, 11) is 0. The standard InChI is InChI=1S/C27H46O2/c1-5-8-11-13-14-15-19-24-20-16-17-21-25(24)29-26(28)27(4,22-10-7-3)23-18-12-9-6-2/h16-17,20-21H,5-15,18-19,22-23H2,1-4H3. The van der Waals surface area contributed by atoms with Crippen molar-refractivity contribution in [2.45, 2.75) is 124 Å². The third kappa shape index (κ3) is 10.3. The average Bonchev–Trinajstić information content (AvgIpc) is 2.73. The van der Waals surface area contributed by atoms with Crippen molar-refractivity contribution in [3.63, 3.8) is 0 Å². The first-order chi connectivity index (χ1) is 14.1. The first kappa shape index (κ1) is 25.7. The molecule has 1 aromatic carbocycles. The number of benzene rings is 1. The summed E-state index contributed by atoms with van der Waals surface area (Å²) in [6.07, 6.45) is 17.5. The van der Waals surface area contributed by atoms with E-state index in [1.54, 1.807) is 0 Å². The number of esters is 1. The molecule has 29 heavy (non-hydrogen) atoms. The summed E-state index contributed by atoms with van der Waals surface area (Å²) < 4.78 is 6.02. The quantitative estimate of drug-likeness (QED) is 0.148. The van der Waals surface area contributed by atoms with Gasteiger partial charge in [0.1, 0.15) is 5.75 Å². The van der Waals surface area contributed by atoms with Crippen molar-refractivity contribution in [2.24, 2.45) is 5.41 Å². The predicted octanol–water partition coefficient (Wildman–Crippen LogP) is 8.66. The molecule has 0 aromatic heterocycles. The Kier molecular flexibility index (Phi) is 13.8. The Bertz CT molecular complexity index is 551. The zero-order chi connectivity index (χ0) is 21.4. The van der Waals surface area contributed by atoms with E-state index >= 15 is 0 Å². The second kappa shape index (κ2) is 15.5. The van der Waals surface area contributed by atoms with E-state index in [9.17, 15) is 4.79 Å². The molecule has 0 radical (unpaired) electrons. The Morgan fingerprint density at radius 1 is 0.759 bits per heavy atom. The normalized spacial score (nSPS) is 13.2. The molecule has 0 aliphatic heterocycles. The van der Waals surface area contributed by atoms with Crippen LogP contribution < -0.4 is 4.74 Å². The zero-order valence-corrected chi connectivity index (χ0v) is 19.7. The minimum atomic E-state index is -0.364. The molecular weight excluding hydrogens is 356 g/mol. The van der Waals surface area contributed by atoms with Crippen LogP contribution in [0.25, 0.3) is 0 Å². The van der Waals surface area contributed by atoms with Gasteiger partial charge in [-0.2, -0.15) is 0 Å². The molecule has 0 aliphatic carbocycles. The van der Waals surface area contributed by atoms with Crippen molar-refractivity contribution in [1.29, 1.82) is 0 Å². The maximum atomic E-state index is 13.2. The Labute approximate surface area is 180 Å². The van der Waals surface area contributed by atoms with Gasteiger partial charge in [-0.1, -0.05) is 110 Å². The van der Waals surface area contributed by atoms with Gasteiger partial charge in [0.15, 0.2) is 0 Å². The number of para-hydroxylation sites is 1. The van der Waals surface area contributed by atoms with E-state index in [0.717, 1.165) is 44.3 Å². The molecule has 1 atom stereocenters. The van der Waals surface area contributed by atoms with Gasteiger partial charge in [0, 0.05) is 0 Å². The number of unbranched alkanes of at least 4 members (excludes halogenated alkanes) is 9. The third-order valence-corrected chi connectivity index (χ3v) is 6.13. The SMILES string of the molecule is CCCCCCCCc1ccccc1OC(=O)C(C)(CCCC)CCCCCC. The predicted molar refractivity (Wildman–Crippen MR) is 126 cm³/mol. The minimum absolute atomic E-state index is 0.0298. The van der Waals surface area contributed by atoms with Gasteiger partial charge >= 0.3 is 5.97 Å². The molecule has 1 rings (SSSR count). The lowest BCUT2D eigenvalue weighted by Crippen LogP contribution is -2.32. The summed E-state index contributed by atoms with van der Waals surface area (Å²) in [5, 5.41) is 0. The summed E-state index contributed by atoms with van der Waals surface area (Å²) in [6.45, 7) is 8.79. The van der Waals surface area contributed by atoms with Crippen LogP contribution in [0, 0.1) is 5.41 Å². The van der Waals surface area contributed by atoms with Gasteiger partial charge in [-0.3, -0.25) is 4.79 Å². The number of carbonyl (C=O) groups excluding carboxylic acids is 1. The van der Waals surface area contributed by atoms with Crippen molar-refractivity contribution >= 4 is 5.97 Å². The fourth-order valence-electron chi connectivity index (χ4n) is 3.97. The molecule has 2 nitrogen and oxygen atoms in total. The van der Waals surface area contributed by atoms with Gasteiger partial charge in [0.25, 0.3) is 0 Å². The van der Waals surface area contributed by atoms with Crippen LogP contribution in [0.15, 0.2) is 24.3 Å². The van der Waals surface area contributed by atoms with Crippen molar-refractivity contribution in [1.82, 2.24) is 0 Å². The van der Waals surface area contributed by atoms with Gasteiger partial charge in [-0.25, -0.2) is 0 Å². The van der Waals surface area contributed by atoms with Crippen molar-refractivity contribution < 1.29 is 9.53 Å². The number of carbonyl (C=O) groups is 1. The summed E-state index contributed by atoms with van der Waals surface area (Å²) >= 11 is 0. The van der Waals surface area contributed by atoms with Crippen molar-refractivity contribution in [2.75, 3.05) is 0 Å². The van der Waals surface area contributed by atoms with E-state index in [-0.39, 0.29) is 11.4 Å².